The number of benzene rings is 1. The Morgan fingerprint density at radius 1 is 1.06 bits per heavy atom. The van der Waals surface area contributed by atoms with Gasteiger partial charge in [-0.3, -0.25) is 4.98 Å². The zero-order valence-electron chi connectivity index (χ0n) is 10.1. The van der Waals surface area contributed by atoms with Gasteiger partial charge in [-0.05, 0) is 36.5 Å². The summed E-state index contributed by atoms with van der Waals surface area (Å²) >= 11 is 0. The van der Waals surface area contributed by atoms with Crippen molar-refractivity contribution in [2.45, 2.75) is 24.2 Å². The van der Waals surface area contributed by atoms with Crippen LogP contribution >= 0.6 is 0 Å². The highest BCUT2D eigenvalue weighted by atomic mass is 14.7. The van der Waals surface area contributed by atoms with Crippen LogP contribution in [-0.4, -0.2) is 4.98 Å². The molecule has 1 fully saturated rings. The molecule has 0 N–H and O–H groups in total. The second-order valence-electron chi connectivity index (χ2n) is 4.92. The number of rotatable bonds is 2. The molecule has 2 aromatic rings. The minimum atomic E-state index is -0.373. The molecule has 1 aromatic carbocycles. The third-order valence-corrected chi connectivity index (χ3v) is 3.83. The Balaban J connectivity index is 1.83. The van der Waals surface area contributed by atoms with E-state index in [1.807, 2.05) is 24.3 Å². The highest BCUT2D eigenvalue weighted by Crippen LogP contribution is 2.51. The molecule has 0 unspecified atom stereocenters. The van der Waals surface area contributed by atoms with Crippen LogP contribution in [0.25, 0.3) is 0 Å². The number of nitriles is 1. The number of nitrogens with zero attached hydrogens (tertiary/aromatic N) is 2. The summed E-state index contributed by atoms with van der Waals surface area (Å²) in [6, 6.07) is 18.7. The minimum absolute atomic E-state index is 0.373. The zero-order valence-corrected chi connectivity index (χ0v) is 10.1. The van der Waals surface area contributed by atoms with Crippen molar-refractivity contribution in [3.05, 3.63) is 66.0 Å². The summed E-state index contributed by atoms with van der Waals surface area (Å²) in [5, 5.41) is 9.46. The largest absolute Gasteiger partial charge is 0.260 e. The summed E-state index contributed by atoms with van der Waals surface area (Å²) in [6.07, 6.45) is 3.53. The molecule has 88 valence electrons. The fraction of sp³-hybridized carbons (Fsp3) is 0.250. The smallest absolute Gasteiger partial charge is 0.100 e. The maximum absolute atomic E-state index is 9.46. The SMILES string of the molecule is N#CC1(c2ccccn2)CC(c2ccccc2)C1. The number of pyridine rings is 1. The second-order valence-corrected chi connectivity index (χ2v) is 4.92. The van der Waals surface area contributed by atoms with Crippen LogP contribution in [0, 0.1) is 11.3 Å². The maximum atomic E-state index is 9.46. The highest BCUT2D eigenvalue weighted by Gasteiger charge is 2.47. The van der Waals surface area contributed by atoms with E-state index in [2.05, 4.69) is 35.3 Å². The van der Waals surface area contributed by atoms with Gasteiger partial charge >= 0.3 is 0 Å². The lowest BCUT2D eigenvalue weighted by Crippen LogP contribution is -2.39. The molecule has 2 heteroatoms. The Hall–Kier alpha value is -2.14. The number of hydrogen-bond donors (Lipinski definition) is 0. The van der Waals surface area contributed by atoms with Gasteiger partial charge in [0.2, 0.25) is 0 Å². The topological polar surface area (TPSA) is 36.7 Å². The average Bonchev–Trinajstić information content (AvgIpc) is 2.41. The fourth-order valence-corrected chi connectivity index (χ4v) is 2.75. The number of aromatic nitrogens is 1. The Labute approximate surface area is 107 Å². The van der Waals surface area contributed by atoms with E-state index in [-0.39, 0.29) is 5.41 Å². The Morgan fingerprint density at radius 3 is 2.39 bits per heavy atom. The van der Waals surface area contributed by atoms with Crippen molar-refractivity contribution in [2.24, 2.45) is 0 Å². The third-order valence-electron chi connectivity index (χ3n) is 3.83. The Bertz CT molecular complexity index is 563. The van der Waals surface area contributed by atoms with Crippen molar-refractivity contribution in [3.63, 3.8) is 0 Å². The lowest BCUT2D eigenvalue weighted by molar-refractivity contribution is 0.263. The van der Waals surface area contributed by atoms with Crippen LogP contribution < -0.4 is 0 Å². The van der Waals surface area contributed by atoms with Gasteiger partial charge in [-0.15, -0.1) is 0 Å². The normalized spacial score (nSPS) is 26.1. The minimum Gasteiger partial charge on any atom is -0.260 e. The molecule has 18 heavy (non-hydrogen) atoms. The van der Waals surface area contributed by atoms with E-state index in [0.717, 1.165) is 18.5 Å². The van der Waals surface area contributed by atoms with E-state index in [0.29, 0.717) is 5.92 Å². The van der Waals surface area contributed by atoms with E-state index >= 15 is 0 Å². The first-order valence-electron chi connectivity index (χ1n) is 6.22. The molecule has 3 rings (SSSR count). The van der Waals surface area contributed by atoms with Crippen molar-refractivity contribution in [1.29, 1.82) is 5.26 Å². The predicted molar refractivity (Wildman–Crippen MR) is 69.9 cm³/mol. The zero-order chi connectivity index (χ0) is 12.4. The Morgan fingerprint density at radius 2 is 1.78 bits per heavy atom. The second kappa shape index (κ2) is 4.27. The molecule has 0 spiro atoms. The lowest BCUT2D eigenvalue weighted by atomic mass is 9.59. The average molecular weight is 234 g/mol. The number of hydrogen-bond acceptors (Lipinski definition) is 2. The van der Waals surface area contributed by atoms with Gasteiger partial charge in [-0.2, -0.15) is 5.26 Å². The summed E-state index contributed by atoms with van der Waals surface area (Å²) in [4.78, 5) is 4.35. The van der Waals surface area contributed by atoms with Crippen molar-refractivity contribution >= 4 is 0 Å². The first kappa shape index (κ1) is 11.0. The maximum Gasteiger partial charge on any atom is 0.100 e. The highest BCUT2D eigenvalue weighted by molar-refractivity contribution is 5.36. The van der Waals surface area contributed by atoms with Crippen LogP contribution in [0.15, 0.2) is 54.7 Å². The summed E-state index contributed by atoms with van der Waals surface area (Å²) < 4.78 is 0. The molecule has 0 aliphatic heterocycles. The van der Waals surface area contributed by atoms with Crippen LogP contribution in [0.1, 0.15) is 30.0 Å². The van der Waals surface area contributed by atoms with Crippen molar-refractivity contribution in [2.75, 3.05) is 0 Å². The molecule has 1 saturated carbocycles. The molecule has 1 aromatic heterocycles. The van der Waals surface area contributed by atoms with Crippen molar-refractivity contribution in [1.82, 2.24) is 4.98 Å². The van der Waals surface area contributed by atoms with Gasteiger partial charge in [-0.25, -0.2) is 0 Å². The van der Waals surface area contributed by atoms with E-state index < -0.39 is 0 Å². The van der Waals surface area contributed by atoms with E-state index in [1.165, 1.54) is 5.56 Å². The quantitative estimate of drug-likeness (QED) is 0.798. The fourth-order valence-electron chi connectivity index (χ4n) is 2.75. The first-order chi connectivity index (χ1) is 8.84. The van der Waals surface area contributed by atoms with Crippen molar-refractivity contribution < 1.29 is 0 Å². The molecule has 1 aliphatic rings. The monoisotopic (exact) mass is 234 g/mol. The van der Waals surface area contributed by atoms with Crippen LogP contribution in [-0.2, 0) is 5.41 Å². The third kappa shape index (κ3) is 1.69. The summed E-state index contributed by atoms with van der Waals surface area (Å²) in [5.74, 6) is 0.493. The van der Waals surface area contributed by atoms with Gasteiger partial charge in [0.1, 0.15) is 5.41 Å². The van der Waals surface area contributed by atoms with Crippen molar-refractivity contribution in [3.8, 4) is 6.07 Å². The van der Waals surface area contributed by atoms with Gasteiger partial charge in [0.05, 0.1) is 11.8 Å². The summed E-state index contributed by atoms with van der Waals surface area (Å²) in [7, 11) is 0. The van der Waals surface area contributed by atoms with Crippen LogP contribution in [0.5, 0.6) is 0 Å². The van der Waals surface area contributed by atoms with E-state index in [1.54, 1.807) is 6.20 Å². The van der Waals surface area contributed by atoms with Crippen LogP contribution in [0.2, 0.25) is 0 Å². The first-order valence-corrected chi connectivity index (χ1v) is 6.22. The van der Waals surface area contributed by atoms with Gasteiger partial charge in [0.25, 0.3) is 0 Å². The molecular weight excluding hydrogens is 220 g/mol. The van der Waals surface area contributed by atoms with Gasteiger partial charge < -0.3 is 0 Å². The Kier molecular flexibility index (Phi) is 2.60. The van der Waals surface area contributed by atoms with Crippen LogP contribution in [0.3, 0.4) is 0 Å². The lowest BCUT2D eigenvalue weighted by Gasteiger charge is -2.42. The standard InChI is InChI=1S/C16H14N2/c17-12-16(15-8-4-5-9-18-15)10-14(11-16)13-6-2-1-3-7-13/h1-9,14H,10-11H2. The molecule has 0 atom stereocenters. The molecule has 1 aliphatic carbocycles. The predicted octanol–water partition coefficient (Wildman–Crippen LogP) is 3.42. The molecule has 0 radical (unpaired) electrons. The van der Waals surface area contributed by atoms with Crippen LogP contribution in [0.4, 0.5) is 0 Å². The van der Waals surface area contributed by atoms with E-state index in [9.17, 15) is 5.26 Å². The molecule has 2 nitrogen and oxygen atoms in total. The summed E-state index contributed by atoms with van der Waals surface area (Å²) in [5.41, 5.74) is 1.88. The summed E-state index contributed by atoms with van der Waals surface area (Å²) in [6.45, 7) is 0. The van der Waals surface area contributed by atoms with E-state index in [4.69, 9.17) is 0 Å². The molecule has 0 saturated heterocycles. The van der Waals surface area contributed by atoms with Gasteiger partial charge in [-0.1, -0.05) is 36.4 Å². The molecule has 1 heterocycles. The van der Waals surface area contributed by atoms with Gasteiger partial charge in [0, 0.05) is 6.20 Å². The van der Waals surface area contributed by atoms with Gasteiger partial charge in [0.15, 0.2) is 0 Å². The molecule has 0 bridgehead atoms. The molecular formula is C16H14N2. The molecule has 0 amide bonds.